The fourth-order valence-electron chi connectivity index (χ4n) is 3.63. The van der Waals surface area contributed by atoms with Crippen molar-refractivity contribution in [3.05, 3.63) is 12.4 Å². The van der Waals surface area contributed by atoms with Crippen molar-refractivity contribution < 1.29 is 22.7 Å². The molecule has 9 heteroatoms. The van der Waals surface area contributed by atoms with Gasteiger partial charge >= 0.3 is 6.18 Å². The van der Waals surface area contributed by atoms with E-state index in [1.807, 2.05) is 10.2 Å². The molecule has 0 bridgehead atoms. The third-order valence-electron chi connectivity index (χ3n) is 5.02. The summed E-state index contributed by atoms with van der Waals surface area (Å²) in [6.45, 7) is -0.289. The zero-order valence-electron chi connectivity index (χ0n) is 15.2. The van der Waals surface area contributed by atoms with Crippen molar-refractivity contribution in [2.75, 3.05) is 24.5 Å². The van der Waals surface area contributed by atoms with E-state index in [0.29, 0.717) is 37.6 Å². The van der Waals surface area contributed by atoms with E-state index in [1.54, 1.807) is 12.4 Å². The van der Waals surface area contributed by atoms with Gasteiger partial charge in [-0.15, -0.1) is 0 Å². The van der Waals surface area contributed by atoms with Crippen LogP contribution in [0.3, 0.4) is 0 Å². The summed E-state index contributed by atoms with van der Waals surface area (Å²) in [5.41, 5.74) is 0. The van der Waals surface area contributed by atoms with Gasteiger partial charge in [0, 0.05) is 13.1 Å². The van der Waals surface area contributed by atoms with E-state index in [4.69, 9.17) is 4.74 Å². The topological polar surface area (TPSA) is 67.4 Å². The van der Waals surface area contributed by atoms with Crippen LogP contribution in [-0.2, 0) is 4.79 Å². The lowest BCUT2D eigenvalue weighted by atomic mass is 9.97. The lowest BCUT2D eigenvalue weighted by molar-refractivity contribution is -0.140. The van der Waals surface area contributed by atoms with Crippen molar-refractivity contribution in [3.63, 3.8) is 0 Å². The van der Waals surface area contributed by atoms with Crippen molar-refractivity contribution >= 4 is 11.7 Å². The van der Waals surface area contributed by atoms with Gasteiger partial charge in [-0.25, -0.2) is 0 Å². The van der Waals surface area contributed by atoms with Crippen LogP contribution in [0.15, 0.2) is 12.4 Å². The third kappa shape index (κ3) is 5.97. The van der Waals surface area contributed by atoms with Crippen LogP contribution in [0.4, 0.5) is 19.0 Å². The summed E-state index contributed by atoms with van der Waals surface area (Å²) >= 11 is 0. The molecule has 3 rings (SSSR count). The molecule has 0 aromatic carbocycles. The Morgan fingerprint density at radius 1 is 1.19 bits per heavy atom. The molecule has 1 unspecified atom stereocenters. The number of rotatable bonds is 5. The van der Waals surface area contributed by atoms with Crippen LogP contribution < -0.4 is 15.0 Å². The van der Waals surface area contributed by atoms with Crippen LogP contribution in [0, 0.1) is 5.92 Å². The lowest BCUT2D eigenvalue weighted by Crippen LogP contribution is -2.45. The summed E-state index contributed by atoms with van der Waals surface area (Å²) < 4.78 is 42.8. The van der Waals surface area contributed by atoms with Crippen LogP contribution in [-0.4, -0.2) is 47.8 Å². The van der Waals surface area contributed by atoms with Gasteiger partial charge in [-0.2, -0.15) is 18.2 Å². The monoisotopic (exact) mass is 386 g/mol. The Bertz CT molecular complexity index is 635. The Hall–Kier alpha value is -2.06. The predicted molar refractivity (Wildman–Crippen MR) is 93.5 cm³/mol. The minimum absolute atomic E-state index is 0.158. The average Bonchev–Trinajstić information content (AvgIpc) is 2.67. The number of hydrogen-bond donors (Lipinski definition) is 1. The van der Waals surface area contributed by atoms with Gasteiger partial charge in [0.05, 0.1) is 18.3 Å². The number of carbonyl (C=O) groups excluding carboxylic acids is 1. The van der Waals surface area contributed by atoms with Crippen molar-refractivity contribution in [3.8, 4) is 5.88 Å². The summed E-state index contributed by atoms with van der Waals surface area (Å²) in [5.74, 6) is -0.00918. The molecule has 1 aliphatic heterocycles. The normalized spacial score (nSPS) is 21.7. The number of piperidine rings is 1. The SMILES string of the molecule is O=C(NCC(F)(F)F)C1CCCN(c2cncc(OC3CCCCC3)n2)C1. The molecule has 6 nitrogen and oxygen atoms in total. The molecule has 1 amide bonds. The van der Waals surface area contributed by atoms with Gasteiger partial charge in [-0.05, 0) is 38.5 Å². The fourth-order valence-corrected chi connectivity index (χ4v) is 3.63. The predicted octanol–water partition coefficient (Wildman–Crippen LogP) is 3.08. The maximum atomic E-state index is 12.3. The highest BCUT2D eigenvalue weighted by Gasteiger charge is 2.31. The second-order valence-corrected chi connectivity index (χ2v) is 7.21. The van der Waals surface area contributed by atoms with E-state index < -0.39 is 24.5 Å². The zero-order valence-corrected chi connectivity index (χ0v) is 15.2. The molecule has 150 valence electrons. The zero-order chi connectivity index (χ0) is 19.3. The van der Waals surface area contributed by atoms with Crippen LogP contribution in [0.2, 0.25) is 0 Å². The quantitative estimate of drug-likeness (QED) is 0.842. The number of nitrogens with one attached hydrogen (secondary N) is 1. The number of nitrogens with zero attached hydrogens (tertiary/aromatic N) is 3. The van der Waals surface area contributed by atoms with E-state index in [2.05, 4.69) is 9.97 Å². The van der Waals surface area contributed by atoms with E-state index in [1.165, 1.54) is 6.42 Å². The summed E-state index contributed by atoms with van der Waals surface area (Å²) in [6.07, 6.45) is 5.76. The van der Waals surface area contributed by atoms with Gasteiger partial charge in [0.1, 0.15) is 12.6 Å². The van der Waals surface area contributed by atoms with Crippen LogP contribution in [0.25, 0.3) is 0 Å². The minimum Gasteiger partial charge on any atom is -0.473 e. The number of ether oxygens (including phenoxy) is 1. The highest BCUT2D eigenvalue weighted by Crippen LogP contribution is 2.25. The molecular formula is C18H25F3N4O2. The standard InChI is InChI=1S/C18H25F3N4O2/c19-18(20,21)12-23-17(26)13-5-4-8-25(11-13)15-9-22-10-16(24-15)27-14-6-2-1-3-7-14/h9-10,13-14H,1-8,11-12H2,(H,23,26). The summed E-state index contributed by atoms with van der Waals surface area (Å²) in [4.78, 5) is 22.6. The first kappa shape index (κ1) is 19.7. The van der Waals surface area contributed by atoms with Gasteiger partial charge < -0.3 is 15.0 Å². The van der Waals surface area contributed by atoms with Crippen LogP contribution >= 0.6 is 0 Å². The molecule has 0 radical (unpaired) electrons. The number of carbonyl (C=O) groups is 1. The molecule has 1 N–H and O–H groups in total. The van der Waals surface area contributed by atoms with Gasteiger partial charge in [-0.3, -0.25) is 9.78 Å². The Morgan fingerprint density at radius 2 is 1.96 bits per heavy atom. The minimum atomic E-state index is -4.40. The smallest absolute Gasteiger partial charge is 0.405 e. The molecule has 1 saturated heterocycles. The third-order valence-corrected chi connectivity index (χ3v) is 5.02. The highest BCUT2D eigenvalue weighted by atomic mass is 19.4. The molecule has 1 aromatic heterocycles. The van der Waals surface area contributed by atoms with Crippen molar-refractivity contribution in [1.29, 1.82) is 0 Å². The number of halogens is 3. The summed E-state index contributed by atoms with van der Waals surface area (Å²) in [5, 5.41) is 1.98. The molecule has 2 heterocycles. The Kier molecular flexibility index (Phi) is 6.38. The molecule has 2 aliphatic rings. The second kappa shape index (κ2) is 8.75. The summed E-state index contributed by atoms with van der Waals surface area (Å²) in [7, 11) is 0. The molecule has 1 aliphatic carbocycles. The van der Waals surface area contributed by atoms with E-state index in [0.717, 1.165) is 25.7 Å². The van der Waals surface area contributed by atoms with Crippen molar-refractivity contribution in [2.45, 2.75) is 57.2 Å². The Balaban J connectivity index is 1.58. The molecule has 1 saturated carbocycles. The molecule has 1 aromatic rings. The van der Waals surface area contributed by atoms with E-state index >= 15 is 0 Å². The highest BCUT2D eigenvalue weighted by molar-refractivity contribution is 5.79. The maximum absolute atomic E-state index is 12.3. The number of hydrogen-bond acceptors (Lipinski definition) is 5. The Labute approximate surface area is 156 Å². The number of aromatic nitrogens is 2. The number of anilines is 1. The Morgan fingerprint density at radius 3 is 2.70 bits per heavy atom. The average molecular weight is 386 g/mol. The van der Waals surface area contributed by atoms with Crippen LogP contribution in [0.1, 0.15) is 44.9 Å². The molecule has 27 heavy (non-hydrogen) atoms. The number of alkyl halides is 3. The maximum Gasteiger partial charge on any atom is 0.405 e. The van der Waals surface area contributed by atoms with Gasteiger partial charge in [0.15, 0.2) is 5.82 Å². The van der Waals surface area contributed by atoms with Gasteiger partial charge in [-0.1, -0.05) is 6.42 Å². The fraction of sp³-hybridized carbons (Fsp3) is 0.722. The molecular weight excluding hydrogens is 361 g/mol. The van der Waals surface area contributed by atoms with Crippen molar-refractivity contribution in [1.82, 2.24) is 15.3 Å². The first-order valence-electron chi connectivity index (χ1n) is 9.49. The van der Waals surface area contributed by atoms with Gasteiger partial charge in [0.2, 0.25) is 11.8 Å². The number of amides is 1. The van der Waals surface area contributed by atoms with E-state index in [-0.39, 0.29) is 6.10 Å². The van der Waals surface area contributed by atoms with Crippen LogP contribution in [0.5, 0.6) is 5.88 Å². The molecule has 1 atom stereocenters. The molecule has 0 spiro atoms. The first-order chi connectivity index (χ1) is 12.9. The molecule has 2 fully saturated rings. The van der Waals surface area contributed by atoms with E-state index in [9.17, 15) is 18.0 Å². The first-order valence-corrected chi connectivity index (χ1v) is 9.49. The van der Waals surface area contributed by atoms with Crippen molar-refractivity contribution in [2.24, 2.45) is 5.92 Å². The summed E-state index contributed by atoms with van der Waals surface area (Å²) in [6, 6.07) is 0. The largest absolute Gasteiger partial charge is 0.473 e. The van der Waals surface area contributed by atoms with Gasteiger partial charge in [0.25, 0.3) is 0 Å². The lowest BCUT2D eigenvalue weighted by Gasteiger charge is -2.33. The second-order valence-electron chi connectivity index (χ2n) is 7.21.